The second-order valence-corrected chi connectivity index (χ2v) is 3.64. The van der Waals surface area contributed by atoms with Gasteiger partial charge in [0.1, 0.15) is 0 Å². The van der Waals surface area contributed by atoms with Gasteiger partial charge >= 0.3 is 5.97 Å². The lowest BCUT2D eigenvalue weighted by molar-refractivity contribution is -0.139. The molecular formula is C11H11NO3. The molecule has 4 heteroatoms. The Morgan fingerprint density at radius 2 is 1.87 bits per heavy atom. The van der Waals surface area contributed by atoms with E-state index in [1.165, 1.54) is 0 Å². The van der Waals surface area contributed by atoms with Gasteiger partial charge in [0.25, 0.3) is 0 Å². The molecule has 0 radical (unpaired) electrons. The lowest BCUT2D eigenvalue weighted by Crippen LogP contribution is -2.16. The number of carbonyl (C=O) groups is 2. The maximum Gasteiger partial charge on any atom is 0.307 e. The van der Waals surface area contributed by atoms with Crippen molar-refractivity contribution in [1.82, 2.24) is 0 Å². The Morgan fingerprint density at radius 3 is 2.40 bits per heavy atom. The molecule has 2 rings (SSSR count). The molecule has 1 aliphatic carbocycles. The number of carboxylic acids is 1. The van der Waals surface area contributed by atoms with Crippen LogP contribution >= 0.6 is 0 Å². The van der Waals surface area contributed by atoms with E-state index in [1.807, 2.05) is 18.2 Å². The number of nitrogens with one attached hydrogen (secondary N) is 1. The highest BCUT2D eigenvalue weighted by molar-refractivity contribution is 5.98. The zero-order valence-corrected chi connectivity index (χ0v) is 8.01. The molecular weight excluding hydrogens is 194 g/mol. The van der Waals surface area contributed by atoms with Crippen molar-refractivity contribution in [3.05, 3.63) is 30.3 Å². The van der Waals surface area contributed by atoms with Crippen molar-refractivity contribution < 1.29 is 14.7 Å². The Hall–Kier alpha value is -1.84. The Balaban J connectivity index is 1.92. The van der Waals surface area contributed by atoms with Crippen LogP contribution in [0.1, 0.15) is 6.42 Å². The van der Waals surface area contributed by atoms with Gasteiger partial charge in [-0.05, 0) is 18.6 Å². The molecule has 78 valence electrons. The first-order valence-electron chi connectivity index (χ1n) is 4.77. The summed E-state index contributed by atoms with van der Waals surface area (Å²) >= 11 is 0. The van der Waals surface area contributed by atoms with Gasteiger partial charge in [0.15, 0.2) is 0 Å². The van der Waals surface area contributed by atoms with Crippen LogP contribution in [0.3, 0.4) is 0 Å². The molecule has 15 heavy (non-hydrogen) atoms. The summed E-state index contributed by atoms with van der Waals surface area (Å²) in [6, 6.07) is 9.04. The third-order valence-electron chi connectivity index (χ3n) is 2.49. The van der Waals surface area contributed by atoms with Crippen LogP contribution in [0.25, 0.3) is 0 Å². The topological polar surface area (TPSA) is 66.4 Å². The third-order valence-corrected chi connectivity index (χ3v) is 2.49. The van der Waals surface area contributed by atoms with Crippen molar-refractivity contribution in [2.45, 2.75) is 6.42 Å². The van der Waals surface area contributed by atoms with Crippen LogP contribution in [-0.4, -0.2) is 17.0 Å². The van der Waals surface area contributed by atoms with Crippen LogP contribution in [-0.2, 0) is 9.59 Å². The molecule has 0 aliphatic heterocycles. The quantitative estimate of drug-likeness (QED) is 0.782. The van der Waals surface area contributed by atoms with Crippen molar-refractivity contribution in [3.63, 3.8) is 0 Å². The molecule has 1 amide bonds. The zero-order chi connectivity index (χ0) is 10.8. The summed E-state index contributed by atoms with van der Waals surface area (Å²) in [5.74, 6) is -1.94. The predicted molar refractivity (Wildman–Crippen MR) is 54.3 cm³/mol. The third kappa shape index (κ3) is 2.15. The molecule has 2 atom stereocenters. The number of carboxylic acid groups (broad SMARTS) is 1. The Kier molecular flexibility index (Phi) is 2.41. The van der Waals surface area contributed by atoms with E-state index in [4.69, 9.17) is 5.11 Å². The molecule has 1 saturated carbocycles. The maximum absolute atomic E-state index is 11.5. The Bertz CT molecular complexity index is 388. The van der Waals surface area contributed by atoms with Gasteiger partial charge in [-0.1, -0.05) is 18.2 Å². The first-order valence-corrected chi connectivity index (χ1v) is 4.77. The number of hydrogen-bond acceptors (Lipinski definition) is 2. The van der Waals surface area contributed by atoms with Crippen LogP contribution < -0.4 is 5.32 Å². The van der Waals surface area contributed by atoms with Gasteiger partial charge in [0, 0.05) is 5.69 Å². The van der Waals surface area contributed by atoms with Crippen LogP contribution in [0.5, 0.6) is 0 Å². The molecule has 0 saturated heterocycles. The average Bonchev–Trinajstić information content (AvgIpc) is 2.98. The van der Waals surface area contributed by atoms with Gasteiger partial charge in [-0.2, -0.15) is 0 Å². The predicted octanol–water partition coefficient (Wildman–Crippen LogP) is 1.35. The molecule has 0 heterocycles. The maximum atomic E-state index is 11.5. The van der Waals surface area contributed by atoms with E-state index in [0.29, 0.717) is 12.1 Å². The minimum Gasteiger partial charge on any atom is -0.481 e. The standard InChI is InChI=1S/C11H11NO3/c13-10(8-6-9(8)11(14)15)12-7-4-2-1-3-5-7/h1-5,8-9H,6H2,(H,12,13)(H,14,15)/t8-,9+/m1/s1. The van der Waals surface area contributed by atoms with E-state index in [2.05, 4.69) is 5.32 Å². The molecule has 4 nitrogen and oxygen atoms in total. The first-order chi connectivity index (χ1) is 7.18. The first kappa shape index (κ1) is 9.71. The van der Waals surface area contributed by atoms with E-state index >= 15 is 0 Å². The number of anilines is 1. The van der Waals surface area contributed by atoms with Crippen LogP contribution in [0, 0.1) is 11.8 Å². The largest absolute Gasteiger partial charge is 0.481 e. The van der Waals surface area contributed by atoms with Crippen LogP contribution in [0.15, 0.2) is 30.3 Å². The lowest BCUT2D eigenvalue weighted by atomic mass is 10.2. The lowest BCUT2D eigenvalue weighted by Gasteiger charge is -2.02. The molecule has 0 bridgehead atoms. The summed E-state index contributed by atoms with van der Waals surface area (Å²) < 4.78 is 0. The second kappa shape index (κ2) is 3.73. The molecule has 1 fully saturated rings. The molecule has 1 aromatic carbocycles. The van der Waals surface area contributed by atoms with E-state index in [1.54, 1.807) is 12.1 Å². The fourth-order valence-corrected chi connectivity index (χ4v) is 1.51. The van der Waals surface area contributed by atoms with Gasteiger partial charge in [-0.15, -0.1) is 0 Å². The number of amides is 1. The fourth-order valence-electron chi connectivity index (χ4n) is 1.51. The van der Waals surface area contributed by atoms with Crippen molar-refractivity contribution in [3.8, 4) is 0 Å². The highest BCUT2D eigenvalue weighted by Crippen LogP contribution is 2.39. The summed E-state index contributed by atoms with van der Waals surface area (Å²) in [5, 5.41) is 11.3. The SMILES string of the molecule is O=C(O)[C@H]1C[C@H]1C(=O)Nc1ccccc1. The van der Waals surface area contributed by atoms with E-state index in [-0.39, 0.29) is 11.8 Å². The number of benzene rings is 1. The molecule has 0 spiro atoms. The number of rotatable bonds is 3. The number of carbonyl (C=O) groups excluding carboxylic acids is 1. The summed E-state index contributed by atoms with van der Waals surface area (Å²) in [4.78, 5) is 22.1. The van der Waals surface area contributed by atoms with Gasteiger partial charge < -0.3 is 10.4 Å². The summed E-state index contributed by atoms with van der Waals surface area (Å²) in [7, 11) is 0. The van der Waals surface area contributed by atoms with Crippen molar-refractivity contribution >= 4 is 17.6 Å². The van der Waals surface area contributed by atoms with Crippen molar-refractivity contribution in [1.29, 1.82) is 0 Å². The number of aliphatic carboxylic acids is 1. The average molecular weight is 205 g/mol. The molecule has 0 unspecified atom stereocenters. The zero-order valence-electron chi connectivity index (χ0n) is 8.01. The monoisotopic (exact) mass is 205 g/mol. The fraction of sp³-hybridized carbons (Fsp3) is 0.273. The molecule has 0 aromatic heterocycles. The van der Waals surface area contributed by atoms with Crippen LogP contribution in [0.4, 0.5) is 5.69 Å². The minimum atomic E-state index is -0.886. The van der Waals surface area contributed by atoms with E-state index in [9.17, 15) is 9.59 Å². The second-order valence-electron chi connectivity index (χ2n) is 3.64. The Morgan fingerprint density at radius 1 is 1.20 bits per heavy atom. The highest BCUT2D eigenvalue weighted by Gasteiger charge is 2.48. The van der Waals surface area contributed by atoms with E-state index < -0.39 is 11.9 Å². The highest BCUT2D eigenvalue weighted by atomic mass is 16.4. The molecule has 2 N–H and O–H groups in total. The molecule has 1 aliphatic rings. The summed E-state index contributed by atoms with van der Waals surface area (Å²) in [6.07, 6.45) is 0.452. The summed E-state index contributed by atoms with van der Waals surface area (Å²) in [5.41, 5.74) is 0.707. The summed E-state index contributed by atoms with van der Waals surface area (Å²) in [6.45, 7) is 0. The molecule has 1 aromatic rings. The van der Waals surface area contributed by atoms with Gasteiger partial charge in [0.2, 0.25) is 5.91 Å². The van der Waals surface area contributed by atoms with Gasteiger partial charge in [-0.3, -0.25) is 9.59 Å². The van der Waals surface area contributed by atoms with Gasteiger partial charge in [0.05, 0.1) is 11.8 Å². The normalized spacial score (nSPS) is 23.2. The van der Waals surface area contributed by atoms with Gasteiger partial charge in [-0.25, -0.2) is 0 Å². The van der Waals surface area contributed by atoms with Crippen molar-refractivity contribution in [2.24, 2.45) is 11.8 Å². The minimum absolute atomic E-state index is 0.200. The smallest absolute Gasteiger partial charge is 0.307 e. The Labute approximate surface area is 86.9 Å². The van der Waals surface area contributed by atoms with E-state index in [0.717, 1.165) is 0 Å². The number of hydrogen-bond donors (Lipinski definition) is 2. The van der Waals surface area contributed by atoms with Crippen LogP contribution in [0.2, 0.25) is 0 Å². The number of para-hydroxylation sites is 1. The van der Waals surface area contributed by atoms with Crippen molar-refractivity contribution in [2.75, 3.05) is 5.32 Å².